The second-order valence-corrected chi connectivity index (χ2v) is 5.00. The second-order valence-electron chi connectivity index (χ2n) is 4.55. The molecule has 0 spiro atoms. The molecule has 0 N–H and O–H groups in total. The molecule has 0 atom stereocenters. The molecule has 0 unspecified atom stereocenters. The van der Waals surface area contributed by atoms with E-state index < -0.39 is 0 Å². The van der Waals surface area contributed by atoms with Gasteiger partial charge in [0, 0.05) is 18.8 Å². The summed E-state index contributed by atoms with van der Waals surface area (Å²) in [7, 11) is 0. The predicted octanol–water partition coefficient (Wildman–Crippen LogP) is 4.31. The highest BCUT2D eigenvalue weighted by molar-refractivity contribution is 7.80. The molecule has 0 fully saturated rings. The van der Waals surface area contributed by atoms with Gasteiger partial charge in [-0.1, -0.05) is 30.5 Å². The standard InChI is InChI=1S/C15H25NS/c1-3-16(12-6-4-5-7-13-17)15-10-8-14(2)9-11-15/h8-11,17H,3-7,12-13H2,1-2H3. The molecule has 1 nitrogen and oxygen atoms in total. The van der Waals surface area contributed by atoms with Crippen LogP contribution >= 0.6 is 12.6 Å². The third kappa shape index (κ3) is 5.49. The van der Waals surface area contributed by atoms with E-state index >= 15 is 0 Å². The molecule has 0 aromatic heterocycles. The summed E-state index contributed by atoms with van der Waals surface area (Å²) in [6.45, 7) is 6.63. The normalized spacial score (nSPS) is 10.5. The van der Waals surface area contributed by atoms with Gasteiger partial charge in [0.05, 0.1) is 0 Å². The van der Waals surface area contributed by atoms with E-state index in [2.05, 4.69) is 55.6 Å². The van der Waals surface area contributed by atoms with Gasteiger partial charge in [-0.25, -0.2) is 0 Å². The Labute approximate surface area is 112 Å². The minimum absolute atomic E-state index is 1.02. The molecule has 0 aliphatic rings. The molecule has 2 heteroatoms. The second kappa shape index (κ2) is 8.46. The molecule has 0 saturated carbocycles. The highest BCUT2D eigenvalue weighted by Gasteiger charge is 2.02. The maximum atomic E-state index is 4.24. The summed E-state index contributed by atoms with van der Waals surface area (Å²) in [5, 5.41) is 0. The van der Waals surface area contributed by atoms with E-state index in [1.807, 2.05) is 0 Å². The minimum Gasteiger partial charge on any atom is -0.372 e. The number of thiol groups is 1. The average molecular weight is 251 g/mol. The van der Waals surface area contributed by atoms with Crippen LogP contribution in [0.5, 0.6) is 0 Å². The fraction of sp³-hybridized carbons (Fsp3) is 0.600. The summed E-state index contributed by atoms with van der Waals surface area (Å²) in [6, 6.07) is 8.84. The molecule has 1 aromatic rings. The van der Waals surface area contributed by atoms with Crippen molar-refractivity contribution in [1.82, 2.24) is 0 Å². The lowest BCUT2D eigenvalue weighted by Gasteiger charge is -2.23. The van der Waals surface area contributed by atoms with Gasteiger partial charge in [-0.2, -0.15) is 12.6 Å². The molecule has 1 aromatic carbocycles. The molecule has 0 amide bonds. The number of nitrogens with zero attached hydrogens (tertiary/aromatic N) is 1. The number of aryl methyl sites for hydroxylation is 1. The maximum absolute atomic E-state index is 4.24. The number of unbranched alkanes of at least 4 members (excludes halogenated alkanes) is 3. The topological polar surface area (TPSA) is 3.24 Å². The number of hydrogen-bond donors (Lipinski definition) is 1. The van der Waals surface area contributed by atoms with Gasteiger partial charge in [-0.3, -0.25) is 0 Å². The monoisotopic (exact) mass is 251 g/mol. The van der Waals surface area contributed by atoms with Crippen LogP contribution in [0.15, 0.2) is 24.3 Å². The zero-order valence-corrected chi connectivity index (χ0v) is 12.0. The first-order valence-corrected chi connectivity index (χ1v) is 7.33. The minimum atomic E-state index is 1.02. The van der Waals surface area contributed by atoms with Gasteiger partial charge in [0.1, 0.15) is 0 Å². The van der Waals surface area contributed by atoms with E-state index in [-0.39, 0.29) is 0 Å². The van der Waals surface area contributed by atoms with Gasteiger partial charge in [0.25, 0.3) is 0 Å². The molecular formula is C15H25NS. The van der Waals surface area contributed by atoms with Crippen molar-refractivity contribution in [3.63, 3.8) is 0 Å². The van der Waals surface area contributed by atoms with Gasteiger partial charge in [-0.05, 0) is 44.6 Å². The number of rotatable bonds is 8. The summed E-state index contributed by atoms with van der Waals surface area (Å²) in [4.78, 5) is 2.46. The van der Waals surface area contributed by atoms with Crippen LogP contribution in [0.4, 0.5) is 5.69 Å². The Kier molecular flexibility index (Phi) is 7.18. The van der Waals surface area contributed by atoms with Gasteiger partial charge in [0.15, 0.2) is 0 Å². The van der Waals surface area contributed by atoms with E-state index in [0.717, 1.165) is 12.3 Å². The molecular weight excluding hydrogens is 226 g/mol. The SMILES string of the molecule is CCN(CCCCCCS)c1ccc(C)cc1. The van der Waals surface area contributed by atoms with E-state index in [1.165, 1.54) is 43.5 Å². The smallest absolute Gasteiger partial charge is 0.0366 e. The predicted molar refractivity (Wildman–Crippen MR) is 81.4 cm³/mol. The molecule has 17 heavy (non-hydrogen) atoms. The van der Waals surface area contributed by atoms with Crippen molar-refractivity contribution >= 4 is 18.3 Å². The lowest BCUT2D eigenvalue weighted by molar-refractivity contribution is 0.652. The number of benzene rings is 1. The molecule has 0 aliphatic carbocycles. The van der Waals surface area contributed by atoms with Gasteiger partial charge >= 0.3 is 0 Å². The van der Waals surface area contributed by atoms with Crippen molar-refractivity contribution in [3.8, 4) is 0 Å². The summed E-state index contributed by atoms with van der Waals surface area (Å²) in [6.07, 6.45) is 5.17. The summed E-state index contributed by atoms with van der Waals surface area (Å²) in [5.41, 5.74) is 2.69. The third-order valence-corrected chi connectivity index (χ3v) is 3.43. The molecule has 0 heterocycles. The van der Waals surface area contributed by atoms with E-state index in [4.69, 9.17) is 0 Å². The Balaban J connectivity index is 2.35. The zero-order valence-electron chi connectivity index (χ0n) is 11.2. The zero-order chi connectivity index (χ0) is 12.5. The molecule has 0 bridgehead atoms. The number of anilines is 1. The Morgan fingerprint density at radius 1 is 1.00 bits per heavy atom. The fourth-order valence-corrected chi connectivity index (χ4v) is 2.22. The van der Waals surface area contributed by atoms with Crippen LogP contribution in [0.2, 0.25) is 0 Å². The summed E-state index contributed by atoms with van der Waals surface area (Å²) in [5.74, 6) is 1.02. The van der Waals surface area contributed by atoms with Crippen molar-refractivity contribution in [2.45, 2.75) is 39.5 Å². The van der Waals surface area contributed by atoms with Gasteiger partial charge in [-0.15, -0.1) is 0 Å². The van der Waals surface area contributed by atoms with Crippen molar-refractivity contribution < 1.29 is 0 Å². The Bertz CT molecular complexity index is 294. The first-order chi connectivity index (χ1) is 8.27. The fourth-order valence-electron chi connectivity index (χ4n) is 1.99. The highest BCUT2D eigenvalue weighted by atomic mass is 32.1. The van der Waals surface area contributed by atoms with E-state index in [0.29, 0.717) is 0 Å². The van der Waals surface area contributed by atoms with Crippen LogP contribution in [0.3, 0.4) is 0 Å². The summed E-state index contributed by atoms with van der Waals surface area (Å²) < 4.78 is 0. The Morgan fingerprint density at radius 2 is 1.65 bits per heavy atom. The lowest BCUT2D eigenvalue weighted by atomic mass is 10.1. The van der Waals surface area contributed by atoms with Crippen LogP contribution in [0.1, 0.15) is 38.2 Å². The van der Waals surface area contributed by atoms with Crippen LogP contribution in [0, 0.1) is 6.92 Å². The van der Waals surface area contributed by atoms with E-state index in [1.54, 1.807) is 0 Å². The van der Waals surface area contributed by atoms with Crippen LogP contribution in [0.25, 0.3) is 0 Å². The molecule has 0 radical (unpaired) electrons. The first-order valence-electron chi connectivity index (χ1n) is 6.70. The first kappa shape index (κ1) is 14.4. The summed E-state index contributed by atoms with van der Waals surface area (Å²) >= 11 is 4.24. The van der Waals surface area contributed by atoms with Crippen molar-refractivity contribution in [3.05, 3.63) is 29.8 Å². The average Bonchev–Trinajstić information content (AvgIpc) is 2.35. The molecule has 0 aliphatic heterocycles. The Hall–Kier alpha value is -0.630. The van der Waals surface area contributed by atoms with Crippen molar-refractivity contribution in [2.24, 2.45) is 0 Å². The van der Waals surface area contributed by atoms with Crippen LogP contribution < -0.4 is 4.90 Å². The highest BCUT2D eigenvalue weighted by Crippen LogP contribution is 2.15. The van der Waals surface area contributed by atoms with Crippen LogP contribution in [-0.2, 0) is 0 Å². The lowest BCUT2D eigenvalue weighted by Crippen LogP contribution is -2.23. The largest absolute Gasteiger partial charge is 0.372 e. The molecule has 1 rings (SSSR count). The van der Waals surface area contributed by atoms with Crippen molar-refractivity contribution in [1.29, 1.82) is 0 Å². The molecule has 0 saturated heterocycles. The Morgan fingerprint density at radius 3 is 2.24 bits per heavy atom. The maximum Gasteiger partial charge on any atom is 0.0366 e. The quantitative estimate of drug-likeness (QED) is 0.532. The van der Waals surface area contributed by atoms with Crippen LogP contribution in [-0.4, -0.2) is 18.8 Å². The van der Waals surface area contributed by atoms with Crippen molar-refractivity contribution in [2.75, 3.05) is 23.7 Å². The van der Waals surface area contributed by atoms with Gasteiger partial charge < -0.3 is 4.90 Å². The molecule has 96 valence electrons. The van der Waals surface area contributed by atoms with E-state index in [9.17, 15) is 0 Å². The van der Waals surface area contributed by atoms with Gasteiger partial charge in [0.2, 0.25) is 0 Å². The third-order valence-electron chi connectivity index (χ3n) is 3.12. The number of hydrogen-bond acceptors (Lipinski definition) is 2.